The lowest BCUT2D eigenvalue weighted by atomic mass is 9.87. The molecule has 0 spiro atoms. The number of hydrogen-bond donors (Lipinski definition) is 2. The zero-order chi connectivity index (χ0) is 18.8. The summed E-state index contributed by atoms with van der Waals surface area (Å²) in [6.45, 7) is 2.08. The number of rotatable bonds is 6. The lowest BCUT2D eigenvalue weighted by Gasteiger charge is -2.35. The number of carbonyl (C=O) groups is 2. The number of nitrogen functional groups attached to an aromatic ring is 1. The summed E-state index contributed by atoms with van der Waals surface area (Å²) in [5.74, 6) is -0.764. The predicted molar refractivity (Wildman–Crippen MR) is 93.9 cm³/mol. The van der Waals surface area contributed by atoms with Crippen molar-refractivity contribution in [3.8, 4) is 0 Å². The average molecular weight is 362 g/mol. The predicted octanol–water partition coefficient (Wildman–Crippen LogP) is 1.18. The molecule has 140 valence electrons. The Bertz CT molecular complexity index is 745. The van der Waals surface area contributed by atoms with Crippen molar-refractivity contribution in [1.29, 1.82) is 0 Å². The highest BCUT2D eigenvalue weighted by Gasteiger charge is 2.44. The number of amides is 2. The van der Waals surface area contributed by atoms with Gasteiger partial charge in [-0.05, 0) is 44.3 Å². The maximum absolute atomic E-state index is 12.9. The SMILES string of the molecule is COCCC(C1CCNCC1)N1C(=O)c2cc(N)c([N+](=O)[O-])cc2C1=O. The zero-order valence-electron chi connectivity index (χ0n) is 14.6. The normalized spacial score (nSPS) is 18.9. The number of nitrogens with zero attached hydrogens (tertiary/aromatic N) is 2. The minimum absolute atomic E-state index is 0.0484. The van der Waals surface area contributed by atoms with Crippen LogP contribution in [0.15, 0.2) is 12.1 Å². The molecular formula is C17H22N4O5. The van der Waals surface area contributed by atoms with E-state index in [1.165, 1.54) is 11.0 Å². The van der Waals surface area contributed by atoms with Crippen molar-refractivity contribution in [1.82, 2.24) is 10.2 Å². The Morgan fingerprint density at radius 1 is 1.31 bits per heavy atom. The first-order valence-electron chi connectivity index (χ1n) is 8.61. The molecule has 0 radical (unpaired) electrons. The Labute approximate surface area is 150 Å². The summed E-state index contributed by atoms with van der Waals surface area (Å²) in [6.07, 6.45) is 2.23. The molecule has 26 heavy (non-hydrogen) atoms. The molecule has 1 aromatic rings. The van der Waals surface area contributed by atoms with Crippen LogP contribution < -0.4 is 11.1 Å². The summed E-state index contributed by atoms with van der Waals surface area (Å²) >= 11 is 0. The van der Waals surface area contributed by atoms with Crippen LogP contribution in [0.1, 0.15) is 40.0 Å². The van der Waals surface area contributed by atoms with Crippen molar-refractivity contribution in [3.63, 3.8) is 0 Å². The summed E-state index contributed by atoms with van der Waals surface area (Å²) < 4.78 is 5.17. The maximum atomic E-state index is 12.9. The van der Waals surface area contributed by atoms with Crippen LogP contribution in [0.25, 0.3) is 0 Å². The number of anilines is 1. The van der Waals surface area contributed by atoms with E-state index in [9.17, 15) is 19.7 Å². The van der Waals surface area contributed by atoms with Crippen molar-refractivity contribution >= 4 is 23.2 Å². The van der Waals surface area contributed by atoms with Crippen molar-refractivity contribution in [2.45, 2.75) is 25.3 Å². The Balaban J connectivity index is 1.96. The van der Waals surface area contributed by atoms with E-state index >= 15 is 0 Å². The molecular weight excluding hydrogens is 340 g/mol. The lowest BCUT2D eigenvalue weighted by Crippen LogP contribution is -2.47. The molecule has 2 aliphatic rings. The van der Waals surface area contributed by atoms with Gasteiger partial charge < -0.3 is 15.8 Å². The fourth-order valence-electron chi connectivity index (χ4n) is 3.81. The van der Waals surface area contributed by atoms with Crippen molar-refractivity contribution in [2.75, 3.05) is 32.5 Å². The number of benzene rings is 1. The van der Waals surface area contributed by atoms with E-state index in [2.05, 4.69) is 5.32 Å². The van der Waals surface area contributed by atoms with Gasteiger partial charge in [0, 0.05) is 25.8 Å². The lowest BCUT2D eigenvalue weighted by molar-refractivity contribution is -0.383. The molecule has 1 aromatic carbocycles. The van der Waals surface area contributed by atoms with Crippen LogP contribution in [-0.2, 0) is 4.74 Å². The molecule has 1 fully saturated rings. The molecule has 3 N–H and O–H groups in total. The van der Waals surface area contributed by atoms with Gasteiger partial charge in [-0.2, -0.15) is 0 Å². The topological polar surface area (TPSA) is 128 Å². The number of fused-ring (bicyclic) bond motifs is 1. The molecule has 0 saturated carbocycles. The Hall–Kier alpha value is -2.52. The molecule has 2 heterocycles. The van der Waals surface area contributed by atoms with Gasteiger partial charge in [-0.25, -0.2) is 0 Å². The summed E-state index contributed by atoms with van der Waals surface area (Å²) in [4.78, 5) is 37.5. The highest BCUT2D eigenvalue weighted by Crippen LogP contribution is 2.35. The molecule has 9 nitrogen and oxygen atoms in total. The van der Waals surface area contributed by atoms with Crippen LogP contribution in [0.4, 0.5) is 11.4 Å². The van der Waals surface area contributed by atoms with E-state index < -0.39 is 16.7 Å². The number of carbonyl (C=O) groups excluding carboxylic acids is 2. The first kappa shape index (κ1) is 18.3. The van der Waals surface area contributed by atoms with E-state index in [0.717, 1.165) is 32.0 Å². The molecule has 2 aliphatic heterocycles. The number of imide groups is 1. The molecule has 3 rings (SSSR count). The van der Waals surface area contributed by atoms with Crippen molar-refractivity contribution in [2.24, 2.45) is 5.92 Å². The summed E-state index contributed by atoms with van der Waals surface area (Å²) in [7, 11) is 1.58. The molecule has 1 atom stereocenters. The van der Waals surface area contributed by atoms with Crippen molar-refractivity contribution < 1.29 is 19.2 Å². The number of nitrogens with one attached hydrogen (secondary N) is 1. The quantitative estimate of drug-likeness (QED) is 0.336. The number of nitro groups is 1. The van der Waals surface area contributed by atoms with Gasteiger partial charge in [0.25, 0.3) is 17.5 Å². The van der Waals surface area contributed by atoms with Gasteiger partial charge in [-0.1, -0.05) is 0 Å². The van der Waals surface area contributed by atoms with Gasteiger partial charge in [0.05, 0.1) is 16.1 Å². The van der Waals surface area contributed by atoms with E-state index in [-0.39, 0.29) is 34.5 Å². The molecule has 1 unspecified atom stereocenters. The number of ether oxygens (including phenoxy) is 1. The zero-order valence-corrected chi connectivity index (χ0v) is 14.6. The van der Waals surface area contributed by atoms with Crippen LogP contribution >= 0.6 is 0 Å². The Morgan fingerprint density at radius 3 is 2.50 bits per heavy atom. The smallest absolute Gasteiger partial charge is 0.292 e. The average Bonchev–Trinajstić information content (AvgIpc) is 2.86. The molecule has 0 aliphatic carbocycles. The summed E-state index contributed by atoms with van der Waals surface area (Å²) in [5, 5.41) is 14.4. The highest BCUT2D eigenvalue weighted by atomic mass is 16.6. The van der Waals surface area contributed by atoms with Gasteiger partial charge in [-0.3, -0.25) is 24.6 Å². The van der Waals surface area contributed by atoms with Crippen LogP contribution in [0.2, 0.25) is 0 Å². The van der Waals surface area contributed by atoms with Gasteiger partial charge in [0.2, 0.25) is 0 Å². The summed E-state index contributed by atoms with van der Waals surface area (Å²) in [6, 6.07) is 2.05. The van der Waals surface area contributed by atoms with Crippen molar-refractivity contribution in [3.05, 3.63) is 33.4 Å². The second-order valence-electron chi connectivity index (χ2n) is 6.63. The maximum Gasteiger partial charge on any atom is 0.292 e. The monoisotopic (exact) mass is 362 g/mol. The van der Waals surface area contributed by atoms with Gasteiger partial charge >= 0.3 is 0 Å². The first-order chi connectivity index (χ1) is 12.5. The number of nitrogens with two attached hydrogens (primary N) is 1. The second-order valence-corrected chi connectivity index (χ2v) is 6.63. The van der Waals surface area contributed by atoms with Gasteiger partial charge in [0.1, 0.15) is 5.69 Å². The van der Waals surface area contributed by atoms with E-state index in [1.807, 2.05) is 0 Å². The Morgan fingerprint density at radius 2 is 1.92 bits per heavy atom. The van der Waals surface area contributed by atoms with E-state index in [4.69, 9.17) is 10.5 Å². The largest absolute Gasteiger partial charge is 0.393 e. The third kappa shape index (κ3) is 3.15. The fraction of sp³-hybridized carbons (Fsp3) is 0.529. The standard InChI is InChI=1S/C17H22N4O5/c1-26-7-4-14(10-2-5-19-6-3-10)20-16(22)11-8-13(18)15(21(24)25)9-12(11)17(20)23/h8-10,14,19H,2-7,18H2,1H3. The van der Waals surface area contributed by atoms with E-state index in [1.54, 1.807) is 7.11 Å². The number of hydrogen-bond acceptors (Lipinski definition) is 7. The van der Waals surface area contributed by atoms with Crippen LogP contribution in [0.3, 0.4) is 0 Å². The molecule has 0 bridgehead atoms. The number of nitro benzene ring substituents is 1. The minimum Gasteiger partial charge on any atom is -0.393 e. The van der Waals surface area contributed by atoms with Gasteiger partial charge in [-0.15, -0.1) is 0 Å². The second kappa shape index (κ2) is 7.38. The fourth-order valence-corrected chi connectivity index (χ4v) is 3.81. The van der Waals surface area contributed by atoms with Crippen LogP contribution in [0, 0.1) is 16.0 Å². The third-order valence-corrected chi connectivity index (χ3v) is 5.14. The van der Waals surface area contributed by atoms with Crippen LogP contribution in [0.5, 0.6) is 0 Å². The Kier molecular flexibility index (Phi) is 5.19. The number of methoxy groups -OCH3 is 1. The van der Waals surface area contributed by atoms with Gasteiger partial charge in [0.15, 0.2) is 0 Å². The first-order valence-corrected chi connectivity index (χ1v) is 8.61. The molecule has 9 heteroatoms. The molecule has 2 amide bonds. The highest BCUT2D eigenvalue weighted by molar-refractivity contribution is 6.22. The summed E-state index contributed by atoms with van der Waals surface area (Å²) in [5.41, 5.74) is 5.40. The molecule has 0 aromatic heterocycles. The number of piperidine rings is 1. The third-order valence-electron chi connectivity index (χ3n) is 5.14. The minimum atomic E-state index is -0.648. The van der Waals surface area contributed by atoms with E-state index in [0.29, 0.717) is 13.0 Å². The van der Waals surface area contributed by atoms with Crippen LogP contribution in [-0.4, -0.2) is 54.5 Å². The molecule has 1 saturated heterocycles.